The zero-order valence-electron chi connectivity index (χ0n) is 12.3. The lowest BCUT2D eigenvalue weighted by atomic mass is 10.1. The van der Waals surface area contributed by atoms with Crippen molar-refractivity contribution >= 4 is 11.7 Å². The second kappa shape index (κ2) is 9.34. The Hall–Kier alpha value is -1.58. The maximum Gasteiger partial charge on any atom is 0.259 e. The van der Waals surface area contributed by atoms with Crippen molar-refractivity contribution in [3.63, 3.8) is 0 Å². The molecule has 0 radical (unpaired) electrons. The standard InChI is InChI=1S/C16H25NO3/c1-2-3-4-5-6-7-8-9-10-11-13(18)15-14(19)12-17-16(15)20/h10-11,18H,2-9,12H2,1H3,(H,17,20)/b11-10+,15-13-. The van der Waals surface area contributed by atoms with E-state index in [-0.39, 0.29) is 23.7 Å². The molecule has 0 aromatic carbocycles. The third-order valence-corrected chi connectivity index (χ3v) is 3.42. The molecular formula is C16H25NO3. The first-order valence-corrected chi connectivity index (χ1v) is 7.58. The van der Waals surface area contributed by atoms with E-state index in [1.165, 1.54) is 44.6 Å². The number of allylic oxidation sites excluding steroid dienone is 2. The molecule has 1 aliphatic rings. The highest BCUT2D eigenvalue weighted by Crippen LogP contribution is 2.12. The van der Waals surface area contributed by atoms with Crippen LogP contribution >= 0.6 is 0 Å². The Morgan fingerprint density at radius 3 is 2.40 bits per heavy atom. The van der Waals surface area contributed by atoms with Crippen molar-refractivity contribution < 1.29 is 14.7 Å². The third-order valence-electron chi connectivity index (χ3n) is 3.42. The molecule has 0 bridgehead atoms. The number of carbonyl (C=O) groups is 2. The Labute approximate surface area is 120 Å². The summed E-state index contributed by atoms with van der Waals surface area (Å²) < 4.78 is 0. The van der Waals surface area contributed by atoms with E-state index in [4.69, 9.17) is 0 Å². The number of rotatable bonds is 9. The predicted molar refractivity (Wildman–Crippen MR) is 79.4 cm³/mol. The van der Waals surface area contributed by atoms with Crippen molar-refractivity contribution in [1.29, 1.82) is 0 Å². The fourth-order valence-corrected chi connectivity index (χ4v) is 2.22. The highest BCUT2D eigenvalue weighted by Gasteiger charge is 2.28. The van der Waals surface area contributed by atoms with Gasteiger partial charge in [-0.25, -0.2) is 0 Å². The minimum Gasteiger partial charge on any atom is -0.507 e. The monoisotopic (exact) mass is 279 g/mol. The molecule has 4 heteroatoms. The summed E-state index contributed by atoms with van der Waals surface area (Å²) in [6, 6.07) is 0. The van der Waals surface area contributed by atoms with E-state index >= 15 is 0 Å². The molecule has 112 valence electrons. The molecule has 0 atom stereocenters. The Morgan fingerprint density at radius 1 is 1.15 bits per heavy atom. The first kappa shape index (κ1) is 16.5. The average molecular weight is 279 g/mol. The molecule has 2 N–H and O–H groups in total. The van der Waals surface area contributed by atoms with Gasteiger partial charge in [-0.15, -0.1) is 0 Å². The molecule has 0 aliphatic carbocycles. The maximum absolute atomic E-state index is 11.4. The van der Waals surface area contributed by atoms with E-state index in [0.29, 0.717) is 0 Å². The summed E-state index contributed by atoms with van der Waals surface area (Å²) in [5, 5.41) is 12.1. The van der Waals surface area contributed by atoms with E-state index in [9.17, 15) is 14.7 Å². The van der Waals surface area contributed by atoms with Crippen molar-refractivity contribution in [2.24, 2.45) is 0 Å². The van der Waals surface area contributed by atoms with Gasteiger partial charge in [-0.2, -0.15) is 0 Å². The van der Waals surface area contributed by atoms with Crippen molar-refractivity contribution in [3.8, 4) is 0 Å². The second-order valence-corrected chi connectivity index (χ2v) is 5.18. The van der Waals surface area contributed by atoms with Crippen molar-refractivity contribution in [2.75, 3.05) is 6.54 Å². The summed E-state index contributed by atoms with van der Waals surface area (Å²) in [7, 11) is 0. The van der Waals surface area contributed by atoms with Crippen LogP contribution in [0.25, 0.3) is 0 Å². The zero-order chi connectivity index (χ0) is 14.8. The summed E-state index contributed by atoms with van der Waals surface area (Å²) in [5.74, 6) is -1.03. The van der Waals surface area contributed by atoms with Crippen LogP contribution in [0.5, 0.6) is 0 Å². The molecule has 0 spiro atoms. The van der Waals surface area contributed by atoms with Crippen LogP contribution in [0.3, 0.4) is 0 Å². The van der Waals surface area contributed by atoms with Crippen molar-refractivity contribution in [3.05, 3.63) is 23.5 Å². The molecule has 0 aromatic rings. The number of unbranched alkanes of at least 4 members (excludes halogenated alkanes) is 7. The molecule has 1 amide bonds. The van der Waals surface area contributed by atoms with Crippen molar-refractivity contribution in [1.82, 2.24) is 5.32 Å². The number of amides is 1. The molecule has 1 rings (SSSR count). The van der Waals surface area contributed by atoms with Crippen LogP contribution in [0.2, 0.25) is 0 Å². The van der Waals surface area contributed by atoms with Gasteiger partial charge in [0.15, 0.2) is 5.78 Å². The Balaban J connectivity index is 2.20. The van der Waals surface area contributed by atoms with Crippen LogP contribution in [0.4, 0.5) is 0 Å². The summed E-state index contributed by atoms with van der Waals surface area (Å²) in [6.07, 6.45) is 12.9. The lowest BCUT2D eigenvalue weighted by molar-refractivity contribution is -0.117. The minimum atomic E-state index is -0.479. The summed E-state index contributed by atoms with van der Waals surface area (Å²) in [4.78, 5) is 22.7. The quantitative estimate of drug-likeness (QED) is 0.295. The van der Waals surface area contributed by atoms with Crippen molar-refractivity contribution in [2.45, 2.75) is 58.3 Å². The van der Waals surface area contributed by atoms with E-state index in [1.54, 1.807) is 0 Å². The van der Waals surface area contributed by atoms with Crippen LogP contribution in [-0.2, 0) is 9.59 Å². The van der Waals surface area contributed by atoms with Crippen LogP contribution in [-0.4, -0.2) is 23.3 Å². The second-order valence-electron chi connectivity index (χ2n) is 5.18. The van der Waals surface area contributed by atoms with Crippen LogP contribution < -0.4 is 5.32 Å². The van der Waals surface area contributed by atoms with Gasteiger partial charge in [0.25, 0.3) is 5.91 Å². The number of ketones is 1. The highest BCUT2D eigenvalue weighted by molar-refractivity contribution is 6.25. The van der Waals surface area contributed by atoms with Gasteiger partial charge in [-0.3, -0.25) is 9.59 Å². The molecular weight excluding hydrogens is 254 g/mol. The normalized spacial score (nSPS) is 17.9. The SMILES string of the molecule is CCCCCCCCC/C=C/C(O)=C1\C(=O)CNC1=O. The molecule has 1 heterocycles. The van der Waals surface area contributed by atoms with E-state index in [1.807, 2.05) is 6.08 Å². The van der Waals surface area contributed by atoms with Gasteiger partial charge in [-0.05, 0) is 18.9 Å². The fraction of sp³-hybridized carbons (Fsp3) is 0.625. The van der Waals surface area contributed by atoms with E-state index in [0.717, 1.165) is 12.8 Å². The Morgan fingerprint density at radius 2 is 1.80 bits per heavy atom. The molecule has 0 aromatic heterocycles. The molecule has 4 nitrogen and oxygen atoms in total. The molecule has 1 saturated heterocycles. The maximum atomic E-state index is 11.4. The van der Waals surface area contributed by atoms with Gasteiger partial charge in [0, 0.05) is 0 Å². The minimum absolute atomic E-state index is 0.0101. The smallest absolute Gasteiger partial charge is 0.259 e. The topological polar surface area (TPSA) is 66.4 Å². The third kappa shape index (κ3) is 5.59. The lowest BCUT2D eigenvalue weighted by Gasteiger charge is -1.99. The summed E-state index contributed by atoms with van der Waals surface area (Å²) >= 11 is 0. The van der Waals surface area contributed by atoms with Gasteiger partial charge in [-0.1, -0.05) is 51.5 Å². The molecule has 0 unspecified atom stereocenters. The average Bonchev–Trinajstić information content (AvgIpc) is 2.76. The molecule has 1 aliphatic heterocycles. The summed E-state index contributed by atoms with van der Waals surface area (Å²) in [6.45, 7) is 2.20. The van der Waals surface area contributed by atoms with Crippen LogP contribution in [0, 0.1) is 0 Å². The van der Waals surface area contributed by atoms with Gasteiger partial charge >= 0.3 is 0 Å². The first-order valence-electron chi connectivity index (χ1n) is 7.58. The number of nitrogens with one attached hydrogen (secondary N) is 1. The number of carbonyl (C=O) groups excluding carboxylic acids is 2. The number of aliphatic hydroxyl groups excluding tert-OH is 1. The Bertz CT molecular complexity index is 379. The van der Waals surface area contributed by atoms with E-state index < -0.39 is 5.91 Å². The van der Waals surface area contributed by atoms with Gasteiger partial charge in [0.1, 0.15) is 11.3 Å². The van der Waals surface area contributed by atoms with Crippen LogP contribution in [0.1, 0.15) is 58.3 Å². The number of hydrogen-bond donors (Lipinski definition) is 2. The number of Topliss-reactive ketones (excluding diaryl/α,β-unsaturated/α-hetero) is 1. The summed E-state index contributed by atoms with van der Waals surface area (Å²) in [5.41, 5.74) is -0.110. The molecule has 0 saturated carbocycles. The molecule has 1 fully saturated rings. The number of aliphatic hydroxyl groups is 1. The molecule has 20 heavy (non-hydrogen) atoms. The van der Waals surface area contributed by atoms with Gasteiger partial charge in [0.05, 0.1) is 6.54 Å². The number of hydrogen-bond acceptors (Lipinski definition) is 3. The lowest BCUT2D eigenvalue weighted by Crippen LogP contribution is -2.14. The largest absolute Gasteiger partial charge is 0.507 e. The Kier molecular flexibility index (Phi) is 7.70. The highest BCUT2D eigenvalue weighted by atomic mass is 16.3. The van der Waals surface area contributed by atoms with Gasteiger partial charge < -0.3 is 10.4 Å². The first-order chi connectivity index (χ1) is 9.66. The predicted octanol–water partition coefficient (Wildman–Crippen LogP) is 3.19. The van der Waals surface area contributed by atoms with Gasteiger partial charge in [0.2, 0.25) is 0 Å². The van der Waals surface area contributed by atoms with E-state index in [2.05, 4.69) is 12.2 Å². The van der Waals surface area contributed by atoms with Crippen LogP contribution in [0.15, 0.2) is 23.5 Å². The fourth-order valence-electron chi connectivity index (χ4n) is 2.22. The zero-order valence-corrected chi connectivity index (χ0v) is 12.3.